The number of ether oxygens (including phenoxy) is 1. The normalized spacial score (nSPS) is 11.1. The molecule has 2 aromatic carbocycles. The molecule has 0 saturated heterocycles. The SMILES string of the molecule is COc1ccccc1Nc1nc(C)cc(Nc2ccccc2C(F)(F)F)n1. The van der Waals surface area contributed by atoms with E-state index in [4.69, 9.17) is 4.74 Å². The number of halogens is 3. The Labute approximate surface area is 154 Å². The van der Waals surface area contributed by atoms with Gasteiger partial charge in [-0.15, -0.1) is 0 Å². The van der Waals surface area contributed by atoms with Crippen molar-refractivity contribution in [2.75, 3.05) is 17.7 Å². The molecule has 0 aliphatic carbocycles. The van der Waals surface area contributed by atoms with E-state index in [1.807, 2.05) is 12.1 Å². The molecule has 3 rings (SSSR count). The van der Waals surface area contributed by atoms with E-state index in [-0.39, 0.29) is 17.5 Å². The number of alkyl halides is 3. The predicted octanol–water partition coefficient (Wildman–Crippen LogP) is 5.30. The van der Waals surface area contributed by atoms with Crippen molar-refractivity contribution in [3.8, 4) is 5.75 Å². The highest BCUT2D eigenvalue weighted by Gasteiger charge is 2.33. The molecule has 1 heterocycles. The van der Waals surface area contributed by atoms with Crippen LogP contribution in [0.2, 0.25) is 0 Å². The van der Waals surface area contributed by atoms with Gasteiger partial charge in [0.1, 0.15) is 11.6 Å². The highest BCUT2D eigenvalue weighted by atomic mass is 19.4. The third kappa shape index (κ3) is 4.46. The summed E-state index contributed by atoms with van der Waals surface area (Å²) < 4.78 is 44.8. The molecule has 5 nitrogen and oxygen atoms in total. The van der Waals surface area contributed by atoms with Crippen LogP contribution < -0.4 is 15.4 Å². The molecule has 2 N–H and O–H groups in total. The van der Waals surface area contributed by atoms with Crippen molar-refractivity contribution in [2.45, 2.75) is 13.1 Å². The van der Waals surface area contributed by atoms with E-state index < -0.39 is 11.7 Å². The molecule has 0 aliphatic rings. The van der Waals surface area contributed by atoms with E-state index >= 15 is 0 Å². The van der Waals surface area contributed by atoms with Crippen LogP contribution in [0, 0.1) is 6.92 Å². The van der Waals surface area contributed by atoms with E-state index in [0.29, 0.717) is 17.1 Å². The van der Waals surface area contributed by atoms with Crippen LogP contribution in [0.15, 0.2) is 54.6 Å². The Balaban J connectivity index is 1.91. The van der Waals surface area contributed by atoms with Gasteiger partial charge in [0.05, 0.1) is 24.0 Å². The molecule has 0 bridgehead atoms. The molecule has 1 aromatic heterocycles. The van der Waals surface area contributed by atoms with Gasteiger partial charge in [0.15, 0.2) is 0 Å². The fraction of sp³-hybridized carbons (Fsp3) is 0.158. The van der Waals surface area contributed by atoms with E-state index in [1.54, 1.807) is 32.2 Å². The topological polar surface area (TPSA) is 59.1 Å². The first-order valence-electron chi connectivity index (χ1n) is 8.06. The minimum absolute atomic E-state index is 0.0775. The largest absolute Gasteiger partial charge is 0.495 e. The summed E-state index contributed by atoms with van der Waals surface area (Å²) in [4.78, 5) is 8.54. The number of anilines is 4. The zero-order chi connectivity index (χ0) is 19.4. The van der Waals surface area contributed by atoms with Crippen molar-refractivity contribution in [2.24, 2.45) is 0 Å². The van der Waals surface area contributed by atoms with Gasteiger partial charge in [-0.05, 0) is 31.2 Å². The van der Waals surface area contributed by atoms with Crippen LogP contribution in [0.5, 0.6) is 5.75 Å². The van der Waals surface area contributed by atoms with Crippen LogP contribution in [0.1, 0.15) is 11.3 Å². The summed E-state index contributed by atoms with van der Waals surface area (Å²) in [6.07, 6.45) is -4.47. The molecule has 0 fully saturated rings. The summed E-state index contributed by atoms with van der Waals surface area (Å²) in [6, 6.07) is 14.0. The summed E-state index contributed by atoms with van der Waals surface area (Å²) >= 11 is 0. The average molecular weight is 374 g/mol. The van der Waals surface area contributed by atoms with Crippen molar-refractivity contribution in [1.82, 2.24) is 9.97 Å². The number of aromatic nitrogens is 2. The number of para-hydroxylation sites is 3. The number of benzene rings is 2. The number of hydrogen-bond donors (Lipinski definition) is 2. The van der Waals surface area contributed by atoms with E-state index in [1.165, 1.54) is 18.2 Å². The molecule has 8 heteroatoms. The lowest BCUT2D eigenvalue weighted by molar-refractivity contribution is -0.136. The zero-order valence-electron chi connectivity index (χ0n) is 14.6. The Morgan fingerprint density at radius 3 is 2.26 bits per heavy atom. The molecule has 0 atom stereocenters. The van der Waals surface area contributed by atoms with Gasteiger partial charge in [-0.3, -0.25) is 0 Å². The maximum Gasteiger partial charge on any atom is 0.418 e. The number of nitrogens with zero attached hydrogens (tertiary/aromatic N) is 2. The molecular formula is C19H17F3N4O. The Hall–Kier alpha value is -3.29. The van der Waals surface area contributed by atoms with E-state index in [0.717, 1.165) is 6.07 Å². The number of methoxy groups -OCH3 is 1. The summed E-state index contributed by atoms with van der Waals surface area (Å²) in [6.45, 7) is 1.73. The molecule has 3 aromatic rings. The molecule has 0 unspecified atom stereocenters. The Kier molecular flexibility index (Phi) is 5.16. The first-order valence-corrected chi connectivity index (χ1v) is 8.06. The third-order valence-corrected chi connectivity index (χ3v) is 3.70. The van der Waals surface area contributed by atoms with Crippen molar-refractivity contribution in [1.29, 1.82) is 0 Å². The van der Waals surface area contributed by atoms with Crippen LogP contribution in [0.4, 0.5) is 36.3 Å². The minimum atomic E-state index is -4.47. The fourth-order valence-corrected chi connectivity index (χ4v) is 2.53. The molecule has 140 valence electrons. The Bertz CT molecular complexity index is 944. The lowest BCUT2D eigenvalue weighted by atomic mass is 10.1. The van der Waals surface area contributed by atoms with Gasteiger partial charge < -0.3 is 15.4 Å². The Morgan fingerprint density at radius 1 is 0.889 bits per heavy atom. The van der Waals surface area contributed by atoms with Gasteiger partial charge in [0.2, 0.25) is 5.95 Å². The summed E-state index contributed by atoms with van der Waals surface area (Å²) in [7, 11) is 1.54. The monoisotopic (exact) mass is 374 g/mol. The highest BCUT2D eigenvalue weighted by Crippen LogP contribution is 2.36. The van der Waals surface area contributed by atoms with Gasteiger partial charge in [0.25, 0.3) is 0 Å². The quantitative estimate of drug-likeness (QED) is 0.635. The van der Waals surface area contributed by atoms with Gasteiger partial charge in [-0.2, -0.15) is 18.2 Å². The number of aryl methyl sites for hydroxylation is 1. The maximum absolute atomic E-state index is 13.2. The minimum Gasteiger partial charge on any atom is -0.495 e. The van der Waals surface area contributed by atoms with E-state index in [9.17, 15) is 13.2 Å². The van der Waals surface area contributed by atoms with Crippen molar-refractivity contribution in [3.05, 3.63) is 65.9 Å². The standard InChI is InChI=1S/C19H17F3N4O/c1-12-11-17(24-14-8-4-3-7-13(14)19(20,21)22)26-18(23-12)25-15-9-5-6-10-16(15)27-2/h3-11H,1-2H3,(H2,23,24,25,26). The second kappa shape index (κ2) is 7.53. The molecule has 27 heavy (non-hydrogen) atoms. The molecule has 0 amide bonds. The smallest absolute Gasteiger partial charge is 0.418 e. The summed E-state index contributed by atoms with van der Waals surface area (Å²) in [5.74, 6) is 1.09. The molecule has 0 saturated carbocycles. The predicted molar refractivity (Wildman–Crippen MR) is 97.8 cm³/mol. The summed E-state index contributed by atoms with van der Waals surface area (Å²) in [5.41, 5.74) is 0.397. The van der Waals surface area contributed by atoms with Gasteiger partial charge >= 0.3 is 6.18 Å². The second-order valence-electron chi connectivity index (χ2n) is 5.71. The van der Waals surface area contributed by atoms with Crippen LogP contribution in [0.3, 0.4) is 0 Å². The third-order valence-electron chi connectivity index (χ3n) is 3.70. The first kappa shape index (κ1) is 18.5. The van der Waals surface area contributed by atoms with Crippen LogP contribution >= 0.6 is 0 Å². The first-order chi connectivity index (χ1) is 12.9. The maximum atomic E-state index is 13.2. The van der Waals surface area contributed by atoms with Crippen molar-refractivity contribution >= 4 is 23.1 Å². The molecule has 0 aliphatic heterocycles. The molecule has 0 radical (unpaired) electrons. The van der Waals surface area contributed by atoms with Crippen LogP contribution in [-0.4, -0.2) is 17.1 Å². The number of nitrogens with one attached hydrogen (secondary N) is 2. The number of hydrogen-bond acceptors (Lipinski definition) is 5. The van der Waals surface area contributed by atoms with Crippen molar-refractivity contribution < 1.29 is 17.9 Å². The van der Waals surface area contributed by atoms with Gasteiger partial charge in [-0.1, -0.05) is 24.3 Å². The summed E-state index contributed by atoms with van der Waals surface area (Å²) in [5, 5.41) is 5.76. The zero-order valence-corrected chi connectivity index (χ0v) is 14.6. The number of rotatable bonds is 5. The lowest BCUT2D eigenvalue weighted by Crippen LogP contribution is -2.09. The van der Waals surface area contributed by atoms with Crippen LogP contribution in [-0.2, 0) is 6.18 Å². The fourth-order valence-electron chi connectivity index (χ4n) is 2.53. The van der Waals surface area contributed by atoms with Crippen LogP contribution in [0.25, 0.3) is 0 Å². The second-order valence-corrected chi connectivity index (χ2v) is 5.71. The average Bonchev–Trinajstić information content (AvgIpc) is 2.61. The van der Waals surface area contributed by atoms with Gasteiger partial charge in [-0.25, -0.2) is 4.98 Å². The van der Waals surface area contributed by atoms with Crippen molar-refractivity contribution in [3.63, 3.8) is 0 Å². The highest BCUT2D eigenvalue weighted by molar-refractivity contribution is 5.65. The molecular weight excluding hydrogens is 357 g/mol. The van der Waals surface area contributed by atoms with E-state index in [2.05, 4.69) is 20.6 Å². The van der Waals surface area contributed by atoms with Gasteiger partial charge in [0, 0.05) is 11.8 Å². The molecule has 0 spiro atoms. The Morgan fingerprint density at radius 2 is 1.56 bits per heavy atom. The lowest BCUT2D eigenvalue weighted by Gasteiger charge is -2.15.